The predicted octanol–water partition coefficient (Wildman–Crippen LogP) is 3.83. The first kappa shape index (κ1) is 12.8. The van der Waals surface area contributed by atoms with Gasteiger partial charge in [0.1, 0.15) is 5.82 Å². The van der Waals surface area contributed by atoms with Crippen LogP contribution in [0.25, 0.3) is 0 Å². The Kier molecular flexibility index (Phi) is 3.46. The smallest absolute Gasteiger partial charge is 0.124 e. The van der Waals surface area contributed by atoms with E-state index >= 15 is 0 Å². The molecule has 1 aliphatic carbocycles. The SMILES string of the molecule is CCNCC1C(c2ccc(F)cc2Cl)C1(C)C. The Labute approximate surface area is 107 Å². The first-order valence-electron chi connectivity index (χ1n) is 6.14. The van der Waals surface area contributed by atoms with Gasteiger partial charge in [-0.1, -0.05) is 38.4 Å². The van der Waals surface area contributed by atoms with Crippen LogP contribution < -0.4 is 5.32 Å². The highest BCUT2D eigenvalue weighted by molar-refractivity contribution is 6.31. The van der Waals surface area contributed by atoms with E-state index < -0.39 is 0 Å². The summed E-state index contributed by atoms with van der Waals surface area (Å²) in [6, 6.07) is 4.74. The second-order valence-electron chi connectivity index (χ2n) is 5.38. The fourth-order valence-corrected chi connectivity index (χ4v) is 3.08. The summed E-state index contributed by atoms with van der Waals surface area (Å²) in [5, 5.41) is 3.94. The first-order valence-corrected chi connectivity index (χ1v) is 6.52. The highest BCUT2D eigenvalue weighted by atomic mass is 35.5. The van der Waals surface area contributed by atoms with Crippen molar-refractivity contribution in [2.45, 2.75) is 26.7 Å². The molecule has 17 heavy (non-hydrogen) atoms. The monoisotopic (exact) mass is 255 g/mol. The number of benzene rings is 1. The van der Waals surface area contributed by atoms with Crippen LogP contribution in [0, 0.1) is 17.2 Å². The van der Waals surface area contributed by atoms with Gasteiger partial charge in [0.25, 0.3) is 0 Å². The molecular weight excluding hydrogens is 237 g/mol. The van der Waals surface area contributed by atoms with Crippen LogP contribution in [0.2, 0.25) is 5.02 Å². The first-order chi connectivity index (χ1) is 7.98. The normalized spacial score (nSPS) is 25.9. The number of rotatable bonds is 4. The van der Waals surface area contributed by atoms with E-state index in [4.69, 9.17) is 11.6 Å². The Morgan fingerprint density at radius 2 is 2.12 bits per heavy atom. The summed E-state index contributed by atoms with van der Waals surface area (Å²) in [5.41, 5.74) is 1.34. The molecule has 2 rings (SSSR count). The fraction of sp³-hybridized carbons (Fsp3) is 0.571. The highest BCUT2D eigenvalue weighted by Gasteiger charge is 2.58. The lowest BCUT2D eigenvalue weighted by Crippen LogP contribution is -2.17. The zero-order valence-electron chi connectivity index (χ0n) is 10.6. The third-order valence-electron chi connectivity index (χ3n) is 3.96. The van der Waals surface area contributed by atoms with E-state index in [0.29, 0.717) is 16.9 Å². The fourth-order valence-electron chi connectivity index (χ4n) is 2.80. The summed E-state index contributed by atoms with van der Waals surface area (Å²) in [4.78, 5) is 0. The van der Waals surface area contributed by atoms with Crippen molar-refractivity contribution in [3.05, 3.63) is 34.6 Å². The molecule has 1 aromatic carbocycles. The highest BCUT2D eigenvalue weighted by Crippen LogP contribution is 2.64. The Hall–Kier alpha value is -0.600. The van der Waals surface area contributed by atoms with E-state index in [9.17, 15) is 4.39 Å². The maximum Gasteiger partial charge on any atom is 0.124 e. The van der Waals surface area contributed by atoms with E-state index in [1.165, 1.54) is 12.1 Å². The molecule has 0 radical (unpaired) electrons. The predicted molar refractivity (Wildman–Crippen MR) is 70.0 cm³/mol. The topological polar surface area (TPSA) is 12.0 Å². The van der Waals surface area contributed by atoms with Gasteiger partial charge in [-0.3, -0.25) is 0 Å². The van der Waals surface area contributed by atoms with E-state index in [-0.39, 0.29) is 11.2 Å². The maximum absolute atomic E-state index is 13.0. The van der Waals surface area contributed by atoms with Crippen molar-refractivity contribution >= 4 is 11.6 Å². The van der Waals surface area contributed by atoms with Gasteiger partial charge < -0.3 is 5.32 Å². The number of halogens is 2. The molecule has 0 aromatic heterocycles. The van der Waals surface area contributed by atoms with Crippen LogP contribution in [0.5, 0.6) is 0 Å². The van der Waals surface area contributed by atoms with Crippen LogP contribution >= 0.6 is 11.6 Å². The van der Waals surface area contributed by atoms with E-state index in [1.807, 2.05) is 6.07 Å². The van der Waals surface area contributed by atoms with Gasteiger partial charge in [0.2, 0.25) is 0 Å². The van der Waals surface area contributed by atoms with Crippen LogP contribution in [0.3, 0.4) is 0 Å². The van der Waals surface area contributed by atoms with Gasteiger partial charge in [-0.25, -0.2) is 4.39 Å². The molecule has 3 heteroatoms. The molecule has 1 aliphatic rings. The summed E-state index contributed by atoms with van der Waals surface area (Å²) in [6.07, 6.45) is 0. The van der Waals surface area contributed by atoms with Gasteiger partial charge in [-0.05, 0) is 48.0 Å². The quantitative estimate of drug-likeness (QED) is 0.862. The third-order valence-corrected chi connectivity index (χ3v) is 4.29. The van der Waals surface area contributed by atoms with Gasteiger partial charge in [-0.15, -0.1) is 0 Å². The van der Waals surface area contributed by atoms with Gasteiger partial charge >= 0.3 is 0 Å². The summed E-state index contributed by atoms with van der Waals surface area (Å²) in [7, 11) is 0. The standard InChI is InChI=1S/C14H19ClFN/c1-4-17-8-11-13(14(11,2)3)10-6-5-9(16)7-12(10)15/h5-7,11,13,17H,4,8H2,1-3H3. The summed E-state index contributed by atoms with van der Waals surface area (Å²) < 4.78 is 13.0. The number of nitrogens with one attached hydrogen (secondary N) is 1. The molecule has 0 heterocycles. The van der Waals surface area contributed by atoms with E-state index in [1.54, 1.807) is 0 Å². The minimum Gasteiger partial charge on any atom is -0.317 e. The Morgan fingerprint density at radius 3 is 2.71 bits per heavy atom. The van der Waals surface area contributed by atoms with Crippen molar-refractivity contribution in [3.8, 4) is 0 Å². The van der Waals surface area contributed by atoms with Crippen LogP contribution in [-0.4, -0.2) is 13.1 Å². The van der Waals surface area contributed by atoms with Crippen molar-refractivity contribution in [1.82, 2.24) is 5.32 Å². The number of hydrogen-bond acceptors (Lipinski definition) is 1. The zero-order chi connectivity index (χ0) is 12.6. The van der Waals surface area contributed by atoms with E-state index in [0.717, 1.165) is 18.7 Å². The van der Waals surface area contributed by atoms with Gasteiger partial charge in [0.15, 0.2) is 0 Å². The summed E-state index contributed by atoms with van der Waals surface area (Å²) in [6.45, 7) is 8.59. The molecule has 94 valence electrons. The largest absolute Gasteiger partial charge is 0.317 e. The van der Waals surface area contributed by atoms with Crippen LogP contribution in [0.15, 0.2) is 18.2 Å². The minimum absolute atomic E-state index is 0.254. The van der Waals surface area contributed by atoms with Crippen LogP contribution in [0.1, 0.15) is 32.3 Å². The molecule has 0 bridgehead atoms. The minimum atomic E-state index is -0.263. The molecule has 2 atom stereocenters. The zero-order valence-corrected chi connectivity index (χ0v) is 11.3. The molecule has 1 nitrogen and oxygen atoms in total. The van der Waals surface area contributed by atoms with Gasteiger partial charge in [0.05, 0.1) is 0 Å². The Bertz CT molecular complexity index is 417. The van der Waals surface area contributed by atoms with Crippen molar-refractivity contribution in [1.29, 1.82) is 0 Å². The Balaban J connectivity index is 2.18. The van der Waals surface area contributed by atoms with Crippen LogP contribution in [-0.2, 0) is 0 Å². The van der Waals surface area contributed by atoms with Gasteiger partial charge in [0, 0.05) is 5.02 Å². The molecule has 0 saturated heterocycles. The van der Waals surface area contributed by atoms with Crippen molar-refractivity contribution in [2.75, 3.05) is 13.1 Å². The van der Waals surface area contributed by atoms with Gasteiger partial charge in [-0.2, -0.15) is 0 Å². The second kappa shape index (κ2) is 4.58. The molecule has 0 amide bonds. The average molecular weight is 256 g/mol. The Morgan fingerprint density at radius 1 is 1.41 bits per heavy atom. The van der Waals surface area contributed by atoms with Crippen LogP contribution in [0.4, 0.5) is 4.39 Å². The molecule has 0 aliphatic heterocycles. The summed E-state index contributed by atoms with van der Waals surface area (Å²) in [5.74, 6) is 0.764. The summed E-state index contributed by atoms with van der Waals surface area (Å²) >= 11 is 6.13. The number of hydrogen-bond donors (Lipinski definition) is 1. The maximum atomic E-state index is 13.0. The van der Waals surface area contributed by atoms with Crippen molar-refractivity contribution in [3.63, 3.8) is 0 Å². The lowest BCUT2D eigenvalue weighted by atomic mass is 10.0. The molecule has 1 N–H and O–H groups in total. The lowest BCUT2D eigenvalue weighted by molar-refractivity contribution is 0.525. The average Bonchev–Trinajstić information content (AvgIpc) is 2.78. The molecule has 1 saturated carbocycles. The molecule has 1 aromatic rings. The van der Waals surface area contributed by atoms with Crippen molar-refractivity contribution < 1.29 is 4.39 Å². The molecule has 1 fully saturated rings. The molecule has 2 unspecified atom stereocenters. The van der Waals surface area contributed by atoms with E-state index in [2.05, 4.69) is 26.1 Å². The second-order valence-corrected chi connectivity index (χ2v) is 5.79. The molecule has 0 spiro atoms. The third kappa shape index (κ3) is 2.34. The van der Waals surface area contributed by atoms with Crippen molar-refractivity contribution in [2.24, 2.45) is 11.3 Å². The lowest BCUT2D eigenvalue weighted by Gasteiger charge is -2.05. The molecular formula is C14H19ClFN.